The van der Waals surface area contributed by atoms with Crippen molar-refractivity contribution < 1.29 is 23.6 Å². The molecular formula is C30H34ClFN6O4. The van der Waals surface area contributed by atoms with Gasteiger partial charge in [0.1, 0.15) is 18.1 Å². The molecule has 2 heterocycles. The standard InChI is InChI=1S/C30H34ClFN6O4/c1-36-11-9-19(10-12-36)25(39)14-18-5-8-24-22(13-18)29(30(33)42)35-38(24)17-27(41)37(21-6-7-21)16-26(40)34-15-20-3-2-4-23(31)28(20)32/h2-5,8,13,19,21H,6-7,9-12,14-17H2,1H3,(H2,33,42)(H,34,40). The summed E-state index contributed by atoms with van der Waals surface area (Å²) in [6.07, 6.45) is 3.44. The van der Waals surface area contributed by atoms with E-state index in [1.54, 1.807) is 18.2 Å². The summed E-state index contributed by atoms with van der Waals surface area (Å²) in [7, 11) is 2.05. The fraction of sp³-hybridized carbons (Fsp3) is 0.433. The number of Topliss-reactive ketones (excluding diaryl/α,β-unsaturated/α-hetero) is 1. The summed E-state index contributed by atoms with van der Waals surface area (Å²) in [6, 6.07) is 9.77. The first-order valence-electron chi connectivity index (χ1n) is 14.1. The molecule has 0 unspecified atom stereocenters. The number of carbonyl (C=O) groups is 4. The third kappa shape index (κ3) is 6.79. The third-order valence-electron chi connectivity index (χ3n) is 8.02. The third-order valence-corrected chi connectivity index (χ3v) is 8.31. The van der Waals surface area contributed by atoms with Gasteiger partial charge in [0.25, 0.3) is 5.91 Å². The van der Waals surface area contributed by atoms with Crippen molar-refractivity contribution in [2.24, 2.45) is 11.7 Å². The van der Waals surface area contributed by atoms with Crippen molar-refractivity contribution in [2.45, 2.75) is 51.2 Å². The Bertz CT molecular complexity index is 1530. The Kier molecular flexibility index (Phi) is 8.88. The molecule has 0 spiro atoms. The maximum absolute atomic E-state index is 14.2. The molecule has 3 amide bonds. The van der Waals surface area contributed by atoms with E-state index in [9.17, 15) is 23.6 Å². The summed E-state index contributed by atoms with van der Waals surface area (Å²) in [6.45, 7) is 1.32. The number of likely N-dealkylation sites (tertiary alicyclic amines) is 1. The molecule has 2 aromatic carbocycles. The highest BCUT2D eigenvalue weighted by atomic mass is 35.5. The van der Waals surface area contributed by atoms with Gasteiger partial charge in [-0.1, -0.05) is 29.8 Å². The van der Waals surface area contributed by atoms with Crippen LogP contribution >= 0.6 is 11.6 Å². The van der Waals surface area contributed by atoms with Crippen LogP contribution in [0.25, 0.3) is 10.9 Å². The minimum Gasteiger partial charge on any atom is -0.364 e. The molecule has 12 heteroatoms. The maximum atomic E-state index is 14.2. The van der Waals surface area contributed by atoms with E-state index in [0.717, 1.165) is 44.3 Å². The Morgan fingerprint density at radius 1 is 1.12 bits per heavy atom. The van der Waals surface area contributed by atoms with E-state index in [1.165, 1.54) is 21.7 Å². The van der Waals surface area contributed by atoms with Gasteiger partial charge in [0.15, 0.2) is 5.69 Å². The van der Waals surface area contributed by atoms with Crippen molar-refractivity contribution >= 4 is 46.0 Å². The van der Waals surface area contributed by atoms with Crippen LogP contribution in [0, 0.1) is 11.7 Å². The molecule has 0 bridgehead atoms. The molecule has 2 fully saturated rings. The predicted molar refractivity (Wildman–Crippen MR) is 155 cm³/mol. The Balaban J connectivity index is 1.27. The number of nitrogens with zero attached hydrogens (tertiary/aromatic N) is 4. The van der Waals surface area contributed by atoms with Crippen molar-refractivity contribution in [3.05, 3.63) is 64.1 Å². The summed E-state index contributed by atoms with van der Waals surface area (Å²) in [4.78, 5) is 55.0. The number of amides is 3. The molecule has 1 saturated carbocycles. The number of halogens is 2. The Hall–Kier alpha value is -3.83. The molecule has 10 nitrogen and oxygen atoms in total. The average molecular weight is 597 g/mol. The summed E-state index contributed by atoms with van der Waals surface area (Å²) in [5.74, 6) is -1.93. The maximum Gasteiger partial charge on any atom is 0.269 e. The second kappa shape index (κ2) is 12.6. The number of rotatable bonds is 11. The monoisotopic (exact) mass is 596 g/mol. The quantitative estimate of drug-likeness (QED) is 0.350. The van der Waals surface area contributed by atoms with Gasteiger partial charge >= 0.3 is 0 Å². The number of benzene rings is 2. The van der Waals surface area contributed by atoms with Crippen molar-refractivity contribution in [1.29, 1.82) is 0 Å². The number of ketones is 1. The molecule has 0 atom stereocenters. The van der Waals surface area contributed by atoms with Gasteiger partial charge in [-0.2, -0.15) is 5.10 Å². The molecule has 1 aliphatic carbocycles. The number of fused-ring (bicyclic) bond motifs is 1. The zero-order valence-corrected chi connectivity index (χ0v) is 24.2. The lowest BCUT2D eigenvalue weighted by atomic mass is 9.89. The zero-order valence-electron chi connectivity index (χ0n) is 23.4. The first-order chi connectivity index (χ1) is 20.1. The predicted octanol–water partition coefficient (Wildman–Crippen LogP) is 2.69. The number of hydrogen-bond acceptors (Lipinski definition) is 6. The van der Waals surface area contributed by atoms with Gasteiger partial charge in [0.2, 0.25) is 11.8 Å². The largest absolute Gasteiger partial charge is 0.364 e. The van der Waals surface area contributed by atoms with Crippen molar-refractivity contribution in [2.75, 3.05) is 26.7 Å². The number of piperidine rings is 1. The van der Waals surface area contributed by atoms with Crippen LogP contribution in [0.1, 0.15) is 47.3 Å². The summed E-state index contributed by atoms with van der Waals surface area (Å²) >= 11 is 5.82. The van der Waals surface area contributed by atoms with Crippen LogP contribution in [-0.2, 0) is 33.9 Å². The van der Waals surface area contributed by atoms with Gasteiger partial charge in [0, 0.05) is 35.9 Å². The lowest BCUT2D eigenvalue weighted by molar-refractivity contribution is -0.137. The summed E-state index contributed by atoms with van der Waals surface area (Å²) < 4.78 is 15.6. The van der Waals surface area contributed by atoms with E-state index in [4.69, 9.17) is 17.3 Å². The highest BCUT2D eigenvalue weighted by Gasteiger charge is 2.34. The highest BCUT2D eigenvalue weighted by Crippen LogP contribution is 2.28. The second-order valence-corrected chi connectivity index (χ2v) is 11.6. The molecule has 1 saturated heterocycles. The summed E-state index contributed by atoms with van der Waals surface area (Å²) in [5, 5.41) is 7.42. The Labute approximate surface area is 247 Å². The number of hydrogen-bond donors (Lipinski definition) is 2. The lowest BCUT2D eigenvalue weighted by Gasteiger charge is -2.28. The van der Waals surface area contributed by atoms with E-state index in [1.807, 2.05) is 13.1 Å². The number of nitrogens with one attached hydrogen (secondary N) is 1. The fourth-order valence-electron chi connectivity index (χ4n) is 5.43. The molecule has 1 aliphatic heterocycles. The van der Waals surface area contributed by atoms with E-state index in [2.05, 4.69) is 15.3 Å². The van der Waals surface area contributed by atoms with Gasteiger partial charge in [-0.25, -0.2) is 4.39 Å². The number of primary amides is 1. The Morgan fingerprint density at radius 3 is 2.55 bits per heavy atom. The van der Waals surface area contributed by atoms with Crippen molar-refractivity contribution in [1.82, 2.24) is 24.9 Å². The van der Waals surface area contributed by atoms with Crippen LogP contribution in [0.2, 0.25) is 5.02 Å². The molecule has 222 valence electrons. The molecule has 3 N–H and O–H groups in total. The number of aromatic nitrogens is 2. The van der Waals surface area contributed by atoms with E-state index >= 15 is 0 Å². The van der Waals surface area contributed by atoms with Gasteiger partial charge in [-0.3, -0.25) is 23.9 Å². The van der Waals surface area contributed by atoms with Crippen LogP contribution in [0.3, 0.4) is 0 Å². The van der Waals surface area contributed by atoms with Crippen molar-refractivity contribution in [3.8, 4) is 0 Å². The molecule has 42 heavy (non-hydrogen) atoms. The number of nitrogens with two attached hydrogens (primary N) is 1. The smallest absolute Gasteiger partial charge is 0.269 e. The van der Waals surface area contributed by atoms with E-state index in [0.29, 0.717) is 10.9 Å². The summed E-state index contributed by atoms with van der Waals surface area (Å²) in [5.41, 5.74) is 7.17. The molecular weight excluding hydrogens is 563 g/mol. The molecule has 0 radical (unpaired) electrons. The van der Waals surface area contributed by atoms with E-state index in [-0.39, 0.29) is 66.0 Å². The topological polar surface area (TPSA) is 131 Å². The van der Waals surface area contributed by atoms with Crippen LogP contribution in [0.15, 0.2) is 36.4 Å². The van der Waals surface area contributed by atoms with Crippen molar-refractivity contribution in [3.63, 3.8) is 0 Å². The van der Waals surface area contributed by atoms with Gasteiger partial charge < -0.3 is 20.9 Å². The van der Waals surface area contributed by atoms with Gasteiger partial charge in [-0.05, 0) is 69.6 Å². The van der Waals surface area contributed by atoms with Crippen LogP contribution in [0.5, 0.6) is 0 Å². The van der Waals surface area contributed by atoms with Crippen LogP contribution in [0.4, 0.5) is 4.39 Å². The number of carbonyl (C=O) groups excluding carboxylic acids is 4. The molecule has 1 aromatic heterocycles. The average Bonchev–Trinajstić information content (AvgIpc) is 3.74. The van der Waals surface area contributed by atoms with Gasteiger partial charge in [-0.15, -0.1) is 0 Å². The molecule has 3 aromatic rings. The normalized spacial score (nSPS) is 16.0. The molecule has 5 rings (SSSR count). The van der Waals surface area contributed by atoms with Crippen LogP contribution < -0.4 is 11.1 Å². The minimum absolute atomic E-state index is 0.0166. The first kappa shape index (κ1) is 29.7. The minimum atomic E-state index is -0.739. The SMILES string of the molecule is CN1CCC(C(=O)Cc2ccc3c(c2)c(C(N)=O)nn3CC(=O)N(CC(=O)NCc2cccc(Cl)c2F)C2CC2)CC1. The van der Waals surface area contributed by atoms with Gasteiger partial charge in [0.05, 0.1) is 17.1 Å². The lowest BCUT2D eigenvalue weighted by Crippen LogP contribution is -2.43. The zero-order chi connectivity index (χ0) is 30.0. The van der Waals surface area contributed by atoms with E-state index < -0.39 is 17.6 Å². The highest BCUT2D eigenvalue weighted by molar-refractivity contribution is 6.30. The fourth-order valence-corrected chi connectivity index (χ4v) is 5.62. The molecule has 2 aliphatic rings. The Morgan fingerprint density at radius 2 is 1.86 bits per heavy atom. The first-order valence-corrected chi connectivity index (χ1v) is 14.5. The second-order valence-electron chi connectivity index (χ2n) is 11.2. The van der Waals surface area contributed by atoms with Crippen LogP contribution in [-0.4, -0.2) is 75.8 Å².